The van der Waals surface area contributed by atoms with Gasteiger partial charge >= 0.3 is 0 Å². The van der Waals surface area contributed by atoms with Gasteiger partial charge in [-0.3, -0.25) is 4.98 Å². The van der Waals surface area contributed by atoms with Gasteiger partial charge in [0.1, 0.15) is 5.75 Å². The fourth-order valence-corrected chi connectivity index (χ4v) is 2.43. The summed E-state index contributed by atoms with van der Waals surface area (Å²) >= 11 is 0. The highest BCUT2D eigenvalue weighted by Crippen LogP contribution is 2.27. The summed E-state index contributed by atoms with van der Waals surface area (Å²) in [6.07, 6.45) is 12.9. The van der Waals surface area contributed by atoms with Crippen molar-refractivity contribution >= 4 is 0 Å². The summed E-state index contributed by atoms with van der Waals surface area (Å²) in [6, 6.07) is 2.05. The molecule has 19 heavy (non-hydrogen) atoms. The van der Waals surface area contributed by atoms with Crippen LogP contribution in [0.3, 0.4) is 0 Å². The minimum Gasteiger partial charge on any atom is -0.492 e. The Hall–Kier alpha value is -1.35. The molecule has 0 amide bonds. The van der Waals surface area contributed by atoms with Gasteiger partial charge < -0.3 is 10.5 Å². The molecule has 1 heterocycles. The smallest absolute Gasteiger partial charge is 0.137 e. The van der Waals surface area contributed by atoms with Gasteiger partial charge in [-0.1, -0.05) is 18.6 Å². The van der Waals surface area contributed by atoms with Crippen molar-refractivity contribution in [2.75, 3.05) is 6.61 Å². The number of ether oxygens (including phenoxy) is 1. The molecule has 1 aliphatic carbocycles. The van der Waals surface area contributed by atoms with Crippen LogP contribution < -0.4 is 10.5 Å². The number of hydrogen-bond donors (Lipinski definition) is 1. The maximum absolute atomic E-state index is 6.29. The number of pyridine rings is 1. The normalized spacial score (nSPS) is 16.8. The molecule has 0 fully saturated rings. The fourth-order valence-electron chi connectivity index (χ4n) is 2.43. The Bertz CT molecular complexity index is 429. The number of allylic oxidation sites excluding steroid dienone is 1. The lowest BCUT2D eigenvalue weighted by Crippen LogP contribution is -2.12. The average Bonchev–Trinajstić information content (AvgIpc) is 2.46. The number of nitrogens with zero attached hydrogens (tertiary/aromatic N) is 1. The lowest BCUT2D eigenvalue weighted by atomic mass is 9.92. The molecule has 1 unspecified atom stereocenters. The quantitative estimate of drug-likeness (QED) is 0.792. The maximum atomic E-state index is 6.29. The van der Waals surface area contributed by atoms with Gasteiger partial charge in [-0.2, -0.15) is 0 Å². The Morgan fingerprint density at radius 2 is 2.26 bits per heavy atom. The zero-order valence-corrected chi connectivity index (χ0v) is 11.8. The standard InChI is InChI=1S/C16H24N2O/c1-2-8-19-15-10-14(11-18-12-15)16(17)9-13-6-4-3-5-7-13/h6,10-12,16H,2-5,7-9,17H2,1H3. The molecule has 1 aliphatic rings. The van der Waals surface area contributed by atoms with E-state index in [4.69, 9.17) is 10.5 Å². The third-order valence-corrected chi connectivity index (χ3v) is 3.50. The molecule has 0 aromatic carbocycles. The van der Waals surface area contributed by atoms with Crippen LogP contribution in [0, 0.1) is 0 Å². The zero-order valence-electron chi connectivity index (χ0n) is 11.8. The van der Waals surface area contributed by atoms with Gasteiger partial charge in [0.2, 0.25) is 0 Å². The van der Waals surface area contributed by atoms with Gasteiger partial charge in [0, 0.05) is 12.2 Å². The Kier molecular flexibility index (Phi) is 5.40. The highest BCUT2D eigenvalue weighted by molar-refractivity contribution is 5.27. The van der Waals surface area contributed by atoms with Crippen LogP contribution in [0.2, 0.25) is 0 Å². The number of hydrogen-bond acceptors (Lipinski definition) is 3. The molecule has 1 atom stereocenters. The van der Waals surface area contributed by atoms with Crippen LogP contribution >= 0.6 is 0 Å². The molecule has 104 valence electrons. The van der Waals surface area contributed by atoms with Crippen LogP contribution in [-0.4, -0.2) is 11.6 Å². The topological polar surface area (TPSA) is 48.1 Å². The first-order chi connectivity index (χ1) is 9.29. The van der Waals surface area contributed by atoms with Crippen molar-refractivity contribution < 1.29 is 4.74 Å². The van der Waals surface area contributed by atoms with E-state index in [-0.39, 0.29) is 6.04 Å². The van der Waals surface area contributed by atoms with Gasteiger partial charge in [-0.15, -0.1) is 0 Å². The molecular formula is C16H24N2O. The van der Waals surface area contributed by atoms with E-state index in [0.717, 1.165) is 30.8 Å². The molecule has 0 saturated heterocycles. The van der Waals surface area contributed by atoms with Crippen LogP contribution in [0.5, 0.6) is 5.75 Å². The predicted octanol–water partition coefficient (Wildman–Crippen LogP) is 3.76. The average molecular weight is 260 g/mol. The van der Waals surface area contributed by atoms with Crippen molar-refractivity contribution in [2.24, 2.45) is 5.73 Å². The van der Waals surface area contributed by atoms with Crippen molar-refractivity contribution in [3.05, 3.63) is 35.7 Å². The molecule has 2 rings (SSSR count). The van der Waals surface area contributed by atoms with E-state index in [1.807, 2.05) is 12.3 Å². The van der Waals surface area contributed by atoms with Gasteiger partial charge in [0.25, 0.3) is 0 Å². The molecule has 0 bridgehead atoms. The summed E-state index contributed by atoms with van der Waals surface area (Å²) in [7, 11) is 0. The van der Waals surface area contributed by atoms with Crippen LogP contribution in [-0.2, 0) is 0 Å². The Morgan fingerprint density at radius 3 is 3.00 bits per heavy atom. The molecule has 0 saturated carbocycles. The van der Waals surface area contributed by atoms with Crippen LogP contribution in [0.4, 0.5) is 0 Å². The maximum Gasteiger partial charge on any atom is 0.137 e. The van der Waals surface area contributed by atoms with Gasteiger partial charge in [-0.25, -0.2) is 0 Å². The summed E-state index contributed by atoms with van der Waals surface area (Å²) in [5.74, 6) is 0.826. The number of rotatable bonds is 6. The second kappa shape index (κ2) is 7.29. The lowest BCUT2D eigenvalue weighted by molar-refractivity contribution is 0.315. The van der Waals surface area contributed by atoms with E-state index < -0.39 is 0 Å². The minimum absolute atomic E-state index is 0.0297. The number of aromatic nitrogens is 1. The van der Waals surface area contributed by atoms with Crippen molar-refractivity contribution in [2.45, 2.75) is 51.5 Å². The highest BCUT2D eigenvalue weighted by Gasteiger charge is 2.12. The van der Waals surface area contributed by atoms with E-state index in [0.29, 0.717) is 0 Å². The fraction of sp³-hybridized carbons (Fsp3) is 0.562. The Labute approximate surface area is 115 Å². The van der Waals surface area contributed by atoms with Gasteiger partial charge in [0.05, 0.1) is 12.8 Å². The van der Waals surface area contributed by atoms with Crippen LogP contribution in [0.1, 0.15) is 57.1 Å². The first-order valence-corrected chi connectivity index (χ1v) is 7.31. The molecule has 1 aromatic heterocycles. The Morgan fingerprint density at radius 1 is 1.37 bits per heavy atom. The lowest BCUT2D eigenvalue weighted by Gasteiger charge is -2.18. The highest BCUT2D eigenvalue weighted by atomic mass is 16.5. The third kappa shape index (κ3) is 4.35. The first kappa shape index (κ1) is 14.1. The van der Waals surface area contributed by atoms with Crippen molar-refractivity contribution in [1.29, 1.82) is 0 Å². The molecule has 0 spiro atoms. The second-order valence-corrected chi connectivity index (χ2v) is 5.22. The zero-order chi connectivity index (χ0) is 13.5. The van der Waals surface area contributed by atoms with Gasteiger partial charge in [-0.05, 0) is 50.2 Å². The molecular weight excluding hydrogens is 236 g/mol. The van der Waals surface area contributed by atoms with Crippen molar-refractivity contribution in [1.82, 2.24) is 4.98 Å². The predicted molar refractivity (Wildman–Crippen MR) is 78.1 cm³/mol. The minimum atomic E-state index is 0.0297. The molecule has 3 nitrogen and oxygen atoms in total. The molecule has 1 aromatic rings. The SMILES string of the molecule is CCCOc1cncc(C(N)CC2=CCCCC2)c1. The largest absolute Gasteiger partial charge is 0.492 e. The summed E-state index contributed by atoms with van der Waals surface area (Å²) in [4.78, 5) is 4.23. The van der Waals surface area contributed by atoms with Gasteiger partial charge in [0.15, 0.2) is 0 Å². The van der Waals surface area contributed by atoms with Crippen LogP contribution in [0.25, 0.3) is 0 Å². The molecule has 3 heteroatoms. The second-order valence-electron chi connectivity index (χ2n) is 5.22. The van der Waals surface area contributed by atoms with E-state index >= 15 is 0 Å². The summed E-state index contributed by atoms with van der Waals surface area (Å²) in [6.45, 7) is 2.82. The van der Waals surface area contributed by atoms with E-state index in [1.54, 1.807) is 6.20 Å². The van der Waals surface area contributed by atoms with E-state index in [1.165, 1.54) is 31.3 Å². The van der Waals surface area contributed by atoms with Crippen molar-refractivity contribution in [3.63, 3.8) is 0 Å². The third-order valence-electron chi connectivity index (χ3n) is 3.50. The molecule has 0 aliphatic heterocycles. The Balaban J connectivity index is 1.97. The first-order valence-electron chi connectivity index (χ1n) is 7.31. The monoisotopic (exact) mass is 260 g/mol. The van der Waals surface area contributed by atoms with E-state index in [2.05, 4.69) is 18.0 Å². The summed E-state index contributed by atoms with van der Waals surface area (Å²) in [5.41, 5.74) is 8.86. The van der Waals surface area contributed by atoms with Crippen LogP contribution in [0.15, 0.2) is 30.1 Å². The summed E-state index contributed by atoms with van der Waals surface area (Å²) < 4.78 is 5.60. The van der Waals surface area contributed by atoms with Crippen molar-refractivity contribution in [3.8, 4) is 5.75 Å². The summed E-state index contributed by atoms with van der Waals surface area (Å²) in [5, 5.41) is 0. The number of nitrogens with two attached hydrogens (primary N) is 1. The molecule has 0 radical (unpaired) electrons. The van der Waals surface area contributed by atoms with E-state index in [9.17, 15) is 0 Å². The molecule has 2 N–H and O–H groups in total.